The maximum atomic E-state index is 5.07. The molecule has 0 atom stereocenters. The van der Waals surface area contributed by atoms with Crippen molar-refractivity contribution in [3.8, 4) is 11.3 Å². The van der Waals surface area contributed by atoms with Crippen LogP contribution in [-0.2, 0) is 6.42 Å². The van der Waals surface area contributed by atoms with Gasteiger partial charge in [-0.25, -0.2) is 0 Å². The number of rotatable bonds is 5. The third-order valence-corrected chi connectivity index (χ3v) is 9.76. The number of pyridine rings is 1. The SMILES string of the molecule is CC(C)Cc1cc(-c2cc(C(C)C)c3c(c2)c2cccc4c5ccccc5n3c42)ncc1[Si](C)(C)C. The molecular formula is C33H36N2Si. The minimum absolute atomic E-state index is 0.403. The van der Waals surface area contributed by atoms with E-state index in [1.807, 2.05) is 0 Å². The standard InChI is InChI=1S/C33H36N2Si/c1-20(2)15-23-18-29(34-19-31(23)36(5,6)7)22-16-27(21(3)4)33-28(17-22)26-13-10-12-25-24-11-8-9-14-30(24)35(33)32(25)26/h8-14,16-21H,15H2,1-7H3. The van der Waals surface area contributed by atoms with Crippen LogP contribution in [0.5, 0.6) is 0 Å². The number of fused-ring (bicyclic) bond motifs is 6. The summed E-state index contributed by atoms with van der Waals surface area (Å²) < 4.78 is 2.51. The normalized spacial score (nSPS) is 12.9. The fourth-order valence-electron chi connectivity index (χ4n) is 6.11. The molecule has 3 heterocycles. The molecule has 0 N–H and O–H groups in total. The largest absolute Gasteiger partial charge is 0.308 e. The first-order valence-electron chi connectivity index (χ1n) is 13.4. The average Bonchev–Trinajstić information content (AvgIpc) is 3.34. The van der Waals surface area contributed by atoms with Crippen LogP contribution in [0.25, 0.3) is 49.4 Å². The van der Waals surface area contributed by atoms with Crippen molar-refractivity contribution in [3.63, 3.8) is 0 Å². The lowest BCUT2D eigenvalue weighted by atomic mass is 9.94. The Hall–Kier alpha value is -3.17. The fourth-order valence-corrected chi connectivity index (χ4v) is 7.70. The summed E-state index contributed by atoms with van der Waals surface area (Å²) in [5.74, 6) is 1.03. The predicted molar refractivity (Wildman–Crippen MR) is 160 cm³/mol. The average molecular weight is 489 g/mol. The van der Waals surface area contributed by atoms with E-state index in [9.17, 15) is 0 Å². The third-order valence-electron chi connectivity index (χ3n) is 7.69. The molecule has 0 radical (unpaired) electrons. The van der Waals surface area contributed by atoms with Crippen LogP contribution in [0.15, 0.2) is 66.9 Å². The monoisotopic (exact) mass is 488 g/mol. The first-order valence-corrected chi connectivity index (χ1v) is 16.9. The Morgan fingerprint density at radius 3 is 2.17 bits per heavy atom. The van der Waals surface area contributed by atoms with Crippen LogP contribution in [0.4, 0.5) is 0 Å². The van der Waals surface area contributed by atoms with E-state index in [0.29, 0.717) is 11.8 Å². The van der Waals surface area contributed by atoms with Gasteiger partial charge in [-0.3, -0.25) is 4.98 Å². The number of benzene rings is 3. The van der Waals surface area contributed by atoms with Crippen molar-refractivity contribution in [1.82, 2.24) is 9.38 Å². The molecular weight excluding hydrogens is 452 g/mol. The highest BCUT2D eigenvalue weighted by atomic mass is 28.3. The van der Waals surface area contributed by atoms with E-state index < -0.39 is 8.07 Å². The molecule has 182 valence electrons. The van der Waals surface area contributed by atoms with Crippen molar-refractivity contribution in [3.05, 3.63) is 78.0 Å². The van der Waals surface area contributed by atoms with Gasteiger partial charge in [0.1, 0.15) is 0 Å². The van der Waals surface area contributed by atoms with E-state index in [0.717, 1.165) is 12.1 Å². The van der Waals surface area contributed by atoms with Gasteiger partial charge in [-0.15, -0.1) is 0 Å². The van der Waals surface area contributed by atoms with Gasteiger partial charge in [0.15, 0.2) is 0 Å². The predicted octanol–water partition coefficient (Wildman–Crippen LogP) is 8.77. The van der Waals surface area contributed by atoms with Crippen molar-refractivity contribution in [2.45, 2.75) is 59.7 Å². The van der Waals surface area contributed by atoms with Crippen LogP contribution in [0.2, 0.25) is 19.6 Å². The molecule has 0 bridgehead atoms. The van der Waals surface area contributed by atoms with Gasteiger partial charge in [0.05, 0.1) is 30.3 Å². The van der Waals surface area contributed by atoms with Crippen molar-refractivity contribution < 1.29 is 0 Å². The van der Waals surface area contributed by atoms with E-state index in [1.54, 1.807) is 0 Å². The first kappa shape index (κ1) is 23.2. The number of hydrogen-bond acceptors (Lipinski definition) is 1. The van der Waals surface area contributed by atoms with Crippen molar-refractivity contribution in [2.75, 3.05) is 0 Å². The van der Waals surface area contributed by atoms with Gasteiger partial charge in [-0.05, 0) is 58.8 Å². The lowest BCUT2D eigenvalue weighted by Gasteiger charge is -2.22. The zero-order chi connectivity index (χ0) is 25.4. The molecule has 3 aromatic heterocycles. The van der Waals surface area contributed by atoms with Crippen LogP contribution < -0.4 is 5.19 Å². The van der Waals surface area contributed by atoms with Crippen LogP contribution in [0, 0.1) is 5.92 Å². The van der Waals surface area contributed by atoms with Gasteiger partial charge in [0.2, 0.25) is 0 Å². The van der Waals surface area contributed by atoms with Gasteiger partial charge in [0, 0.05) is 33.3 Å². The molecule has 3 aromatic carbocycles. The maximum absolute atomic E-state index is 5.07. The molecule has 36 heavy (non-hydrogen) atoms. The molecule has 0 aliphatic heterocycles. The minimum atomic E-state index is -1.47. The van der Waals surface area contributed by atoms with E-state index in [1.165, 1.54) is 60.0 Å². The Labute approximate surface area is 215 Å². The summed E-state index contributed by atoms with van der Waals surface area (Å²) in [6, 6.07) is 22.8. The van der Waals surface area contributed by atoms with E-state index >= 15 is 0 Å². The molecule has 0 spiro atoms. The van der Waals surface area contributed by atoms with Crippen molar-refractivity contribution >= 4 is 51.4 Å². The molecule has 0 saturated carbocycles. The fraction of sp³-hybridized carbons (Fsp3) is 0.303. The van der Waals surface area contributed by atoms with Crippen molar-refractivity contribution in [1.29, 1.82) is 0 Å². The third kappa shape index (κ3) is 3.48. The highest BCUT2D eigenvalue weighted by Crippen LogP contribution is 2.42. The Bertz CT molecular complexity index is 1750. The van der Waals surface area contributed by atoms with Crippen LogP contribution >= 0.6 is 0 Å². The second kappa shape index (κ2) is 8.17. The molecule has 3 heteroatoms. The van der Waals surface area contributed by atoms with Crippen LogP contribution in [-0.4, -0.2) is 17.5 Å². The molecule has 2 nitrogen and oxygen atoms in total. The molecule has 0 aliphatic rings. The number of hydrogen-bond donors (Lipinski definition) is 0. The van der Waals surface area contributed by atoms with E-state index in [2.05, 4.69) is 119 Å². The van der Waals surface area contributed by atoms with Gasteiger partial charge >= 0.3 is 0 Å². The zero-order valence-electron chi connectivity index (χ0n) is 22.6. The number of nitrogens with zero attached hydrogens (tertiary/aromatic N) is 2. The topological polar surface area (TPSA) is 17.3 Å². The van der Waals surface area contributed by atoms with Gasteiger partial charge in [-0.1, -0.05) is 83.7 Å². The highest BCUT2D eigenvalue weighted by molar-refractivity contribution is 6.89. The molecule has 0 aliphatic carbocycles. The second-order valence-electron chi connectivity index (χ2n) is 12.2. The molecule has 0 unspecified atom stereocenters. The summed E-state index contributed by atoms with van der Waals surface area (Å²) >= 11 is 0. The number of aromatic nitrogens is 2. The lowest BCUT2D eigenvalue weighted by Crippen LogP contribution is -2.40. The maximum Gasteiger partial charge on any atom is 0.0799 e. The van der Waals surface area contributed by atoms with Crippen molar-refractivity contribution in [2.24, 2.45) is 5.92 Å². The van der Waals surface area contributed by atoms with E-state index in [-0.39, 0.29) is 0 Å². The molecule has 6 rings (SSSR count). The smallest absolute Gasteiger partial charge is 0.0799 e. The Morgan fingerprint density at radius 2 is 1.47 bits per heavy atom. The minimum Gasteiger partial charge on any atom is -0.308 e. The van der Waals surface area contributed by atoms with Gasteiger partial charge in [0.25, 0.3) is 0 Å². The first-order chi connectivity index (χ1) is 17.1. The Morgan fingerprint density at radius 1 is 0.778 bits per heavy atom. The Balaban J connectivity index is 1.68. The molecule has 0 saturated heterocycles. The summed E-state index contributed by atoms with van der Waals surface area (Å²) in [6.45, 7) is 16.6. The summed E-state index contributed by atoms with van der Waals surface area (Å²) in [7, 11) is -1.47. The molecule has 0 amide bonds. The highest BCUT2D eigenvalue weighted by Gasteiger charge is 2.24. The van der Waals surface area contributed by atoms with Crippen LogP contribution in [0.3, 0.4) is 0 Å². The van der Waals surface area contributed by atoms with Crippen LogP contribution in [0.1, 0.15) is 44.7 Å². The molecule has 0 fully saturated rings. The van der Waals surface area contributed by atoms with Gasteiger partial charge < -0.3 is 4.40 Å². The summed E-state index contributed by atoms with van der Waals surface area (Å²) in [4.78, 5) is 5.07. The zero-order valence-corrected chi connectivity index (χ0v) is 23.6. The van der Waals surface area contributed by atoms with E-state index in [4.69, 9.17) is 4.98 Å². The second-order valence-corrected chi connectivity index (χ2v) is 17.3. The number of para-hydroxylation sites is 2. The summed E-state index contributed by atoms with van der Waals surface area (Å²) in [5.41, 5.74) is 9.20. The Kier molecular flexibility index (Phi) is 5.28. The molecule has 6 aromatic rings. The summed E-state index contributed by atoms with van der Waals surface area (Å²) in [6.07, 6.45) is 3.30. The van der Waals surface area contributed by atoms with Gasteiger partial charge in [-0.2, -0.15) is 0 Å². The summed E-state index contributed by atoms with van der Waals surface area (Å²) in [5, 5.41) is 6.85. The lowest BCUT2D eigenvalue weighted by molar-refractivity contribution is 0.649. The quantitative estimate of drug-likeness (QED) is 0.222.